The van der Waals surface area contributed by atoms with Gasteiger partial charge >= 0.3 is 0 Å². The molecular formula is C11H16BrNO3S. The maximum atomic E-state index is 11.0. The molecule has 96 valence electrons. The van der Waals surface area contributed by atoms with Gasteiger partial charge in [-0.2, -0.15) is 0 Å². The van der Waals surface area contributed by atoms with Crippen molar-refractivity contribution in [3.63, 3.8) is 0 Å². The summed E-state index contributed by atoms with van der Waals surface area (Å²) in [4.78, 5) is 0. The number of sulfonamides is 1. The zero-order chi connectivity index (χ0) is 13.1. The van der Waals surface area contributed by atoms with Crippen molar-refractivity contribution in [3.05, 3.63) is 28.7 Å². The van der Waals surface area contributed by atoms with E-state index in [1.54, 1.807) is 13.8 Å². The number of hydrogen-bond donors (Lipinski definition) is 1. The monoisotopic (exact) mass is 321 g/mol. The first-order valence-corrected chi connectivity index (χ1v) is 7.58. The Hall–Kier alpha value is -0.590. The third kappa shape index (κ3) is 6.05. The van der Waals surface area contributed by atoms with Gasteiger partial charge in [0, 0.05) is 9.89 Å². The predicted octanol–water partition coefficient (Wildman–Crippen LogP) is 2.14. The number of primary sulfonamides is 1. The topological polar surface area (TPSA) is 69.4 Å². The molecule has 1 rings (SSSR count). The number of hydrogen-bond acceptors (Lipinski definition) is 3. The fourth-order valence-electron chi connectivity index (χ4n) is 1.40. The molecule has 0 amide bonds. The van der Waals surface area contributed by atoms with E-state index < -0.39 is 15.4 Å². The Morgan fingerprint density at radius 2 is 1.82 bits per heavy atom. The molecule has 0 unspecified atom stereocenters. The van der Waals surface area contributed by atoms with Crippen LogP contribution >= 0.6 is 15.9 Å². The summed E-state index contributed by atoms with van der Waals surface area (Å²) in [6.45, 7) is 3.90. The van der Waals surface area contributed by atoms with Crippen molar-refractivity contribution in [2.24, 2.45) is 10.6 Å². The molecule has 0 aliphatic rings. The summed E-state index contributed by atoms with van der Waals surface area (Å²) in [6, 6.07) is 7.36. The van der Waals surface area contributed by atoms with Crippen LogP contribution in [0.15, 0.2) is 28.7 Å². The zero-order valence-electron chi connectivity index (χ0n) is 9.81. The van der Waals surface area contributed by atoms with E-state index >= 15 is 0 Å². The number of ether oxygens (including phenoxy) is 1. The second-order valence-corrected chi connectivity index (χ2v) is 7.24. The van der Waals surface area contributed by atoms with E-state index in [4.69, 9.17) is 9.88 Å². The van der Waals surface area contributed by atoms with E-state index in [1.165, 1.54) is 0 Å². The Morgan fingerprint density at radius 3 is 2.29 bits per heavy atom. The first-order valence-electron chi connectivity index (χ1n) is 5.07. The molecule has 0 heterocycles. The van der Waals surface area contributed by atoms with E-state index in [-0.39, 0.29) is 5.75 Å². The van der Waals surface area contributed by atoms with Gasteiger partial charge in [-0.25, -0.2) is 13.6 Å². The molecule has 0 radical (unpaired) electrons. The normalized spacial score (nSPS) is 12.5. The van der Waals surface area contributed by atoms with Gasteiger partial charge in [0.1, 0.15) is 5.75 Å². The maximum Gasteiger partial charge on any atom is 0.209 e. The lowest BCUT2D eigenvalue weighted by molar-refractivity contribution is 0.200. The summed E-state index contributed by atoms with van der Waals surface area (Å²) in [5.74, 6) is 0.604. The molecule has 0 saturated heterocycles. The molecule has 0 aliphatic carbocycles. The number of nitrogens with two attached hydrogens (primary N) is 1. The Morgan fingerprint density at radius 1 is 1.29 bits per heavy atom. The first kappa shape index (κ1) is 14.5. The SMILES string of the molecule is CC(C)(COc1ccc(Br)cc1)CS(N)(=O)=O. The molecule has 6 heteroatoms. The summed E-state index contributed by atoms with van der Waals surface area (Å²) in [5, 5.41) is 5.02. The fourth-order valence-corrected chi connectivity index (χ4v) is 2.83. The second-order valence-electron chi connectivity index (χ2n) is 4.71. The quantitative estimate of drug-likeness (QED) is 0.903. The lowest BCUT2D eigenvalue weighted by atomic mass is 9.98. The van der Waals surface area contributed by atoms with Gasteiger partial charge < -0.3 is 4.74 Å². The van der Waals surface area contributed by atoms with Crippen molar-refractivity contribution in [2.75, 3.05) is 12.4 Å². The molecular weight excluding hydrogens is 306 g/mol. The minimum Gasteiger partial charge on any atom is -0.493 e. The molecule has 0 saturated carbocycles. The van der Waals surface area contributed by atoms with Crippen LogP contribution in [0.25, 0.3) is 0 Å². The maximum absolute atomic E-state index is 11.0. The van der Waals surface area contributed by atoms with Crippen molar-refractivity contribution in [1.82, 2.24) is 0 Å². The second kappa shape index (κ2) is 5.37. The van der Waals surface area contributed by atoms with Crippen LogP contribution in [0.5, 0.6) is 5.75 Å². The van der Waals surface area contributed by atoms with Crippen LogP contribution in [-0.2, 0) is 10.0 Å². The molecule has 0 fully saturated rings. The van der Waals surface area contributed by atoms with Gasteiger partial charge in [0.05, 0.1) is 12.4 Å². The molecule has 0 atom stereocenters. The summed E-state index contributed by atoms with van der Waals surface area (Å²) in [5.41, 5.74) is -0.513. The van der Waals surface area contributed by atoms with Crippen LogP contribution in [0.1, 0.15) is 13.8 Å². The average Bonchev–Trinajstić information content (AvgIpc) is 2.13. The molecule has 17 heavy (non-hydrogen) atoms. The van der Waals surface area contributed by atoms with Crippen molar-refractivity contribution >= 4 is 26.0 Å². The third-order valence-corrected chi connectivity index (χ3v) is 3.75. The molecule has 0 aliphatic heterocycles. The van der Waals surface area contributed by atoms with E-state index in [0.29, 0.717) is 12.4 Å². The van der Waals surface area contributed by atoms with Crippen LogP contribution in [0.2, 0.25) is 0 Å². The third-order valence-electron chi connectivity index (χ3n) is 2.04. The summed E-state index contributed by atoms with van der Waals surface area (Å²) in [7, 11) is -3.48. The standard InChI is InChI=1S/C11H16BrNO3S/c1-11(2,8-17(13,14)15)7-16-10-5-3-9(12)4-6-10/h3-6H,7-8H2,1-2H3,(H2,13,14,15). The Balaban J connectivity index is 2.58. The minimum atomic E-state index is -3.48. The van der Waals surface area contributed by atoms with E-state index in [9.17, 15) is 8.42 Å². The zero-order valence-corrected chi connectivity index (χ0v) is 12.2. The van der Waals surface area contributed by atoms with Crippen molar-refractivity contribution in [2.45, 2.75) is 13.8 Å². The average molecular weight is 322 g/mol. The largest absolute Gasteiger partial charge is 0.493 e. The summed E-state index contributed by atoms with van der Waals surface area (Å²) in [6.07, 6.45) is 0. The highest BCUT2D eigenvalue weighted by atomic mass is 79.9. The smallest absolute Gasteiger partial charge is 0.209 e. The first-order chi connectivity index (χ1) is 7.68. The molecule has 1 aromatic rings. The van der Waals surface area contributed by atoms with Crippen LogP contribution in [0, 0.1) is 5.41 Å². The lowest BCUT2D eigenvalue weighted by Gasteiger charge is -2.23. The van der Waals surface area contributed by atoms with Crippen LogP contribution in [-0.4, -0.2) is 20.8 Å². The fraction of sp³-hybridized carbons (Fsp3) is 0.455. The molecule has 2 N–H and O–H groups in total. The molecule has 0 spiro atoms. The Kier molecular flexibility index (Phi) is 4.57. The van der Waals surface area contributed by atoms with Crippen molar-refractivity contribution < 1.29 is 13.2 Å². The van der Waals surface area contributed by atoms with E-state index in [0.717, 1.165) is 4.47 Å². The van der Waals surface area contributed by atoms with E-state index in [1.807, 2.05) is 24.3 Å². The highest BCUT2D eigenvalue weighted by molar-refractivity contribution is 9.10. The van der Waals surface area contributed by atoms with E-state index in [2.05, 4.69) is 15.9 Å². The van der Waals surface area contributed by atoms with Crippen molar-refractivity contribution in [3.8, 4) is 5.75 Å². The van der Waals surface area contributed by atoms with Gasteiger partial charge in [-0.1, -0.05) is 29.8 Å². The molecule has 0 aromatic heterocycles. The predicted molar refractivity (Wildman–Crippen MR) is 71.4 cm³/mol. The molecule has 4 nitrogen and oxygen atoms in total. The molecule has 0 bridgehead atoms. The number of rotatable bonds is 5. The highest BCUT2D eigenvalue weighted by Gasteiger charge is 2.24. The van der Waals surface area contributed by atoms with Gasteiger partial charge in [0.2, 0.25) is 10.0 Å². The number of benzene rings is 1. The van der Waals surface area contributed by atoms with Gasteiger partial charge in [-0.05, 0) is 24.3 Å². The van der Waals surface area contributed by atoms with Crippen LogP contribution in [0.4, 0.5) is 0 Å². The number of halogens is 1. The van der Waals surface area contributed by atoms with Crippen LogP contribution < -0.4 is 9.88 Å². The molecule has 1 aromatic carbocycles. The Labute approximate surface area is 110 Å². The van der Waals surface area contributed by atoms with Gasteiger partial charge in [-0.15, -0.1) is 0 Å². The highest BCUT2D eigenvalue weighted by Crippen LogP contribution is 2.21. The Bertz CT molecular complexity index is 468. The lowest BCUT2D eigenvalue weighted by Crippen LogP contribution is -2.33. The minimum absolute atomic E-state index is 0.101. The summed E-state index contributed by atoms with van der Waals surface area (Å²) < 4.78 is 28.5. The van der Waals surface area contributed by atoms with Gasteiger partial charge in [0.25, 0.3) is 0 Å². The van der Waals surface area contributed by atoms with Crippen LogP contribution in [0.3, 0.4) is 0 Å². The summed E-state index contributed by atoms with van der Waals surface area (Å²) >= 11 is 3.32. The van der Waals surface area contributed by atoms with Gasteiger partial charge in [0.15, 0.2) is 0 Å². The van der Waals surface area contributed by atoms with Gasteiger partial charge in [-0.3, -0.25) is 0 Å². The van der Waals surface area contributed by atoms with Crippen molar-refractivity contribution in [1.29, 1.82) is 0 Å².